The Balaban J connectivity index is 1.98. The summed E-state index contributed by atoms with van der Waals surface area (Å²) < 4.78 is 0. The van der Waals surface area contributed by atoms with E-state index < -0.39 is 17.7 Å². The second kappa shape index (κ2) is 8.45. The van der Waals surface area contributed by atoms with Crippen LogP contribution in [0.25, 0.3) is 0 Å². The molecule has 3 heterocycles. The van der Waals surface area contributed by atoms with Crippen LogP contribution in [0, 0.1) is 0 Å². The van der Waals surface area contributed by atoms with E-state index in [4.69, 9.17) is 0 Å². The molecule has 7 heteroatoms. The largest absolute Gasteiger partial charge is 0.868 e. The van der Waals surface area contributed by atoms with Crippen molar-refractivity contribution < 1.29 is 19.6 Å². The number of thiophene rings is 1. The number of carbonyl (C=O) groups is 2. The highest BCUT2D eigenvalue weighted by molar-refractivity contribution is 7.12. The third-order valence-corrected chi connectivity index (χ3v) is 5.85. The van der Waals surface area contributed by atoms with Gasteiger partial charge in [0.05, 0.1) is 37.1 Å². The maximum atomic E-state index is 13.0. The number of hydrogen-bond donors (Lipinski definition) is 1. The highest BCUT2D eigenvalue weighted by Gasteiger charge is 2.40. The van der Waals surface area contributed by atoms with Crippen LogP contribution in [0.5, 0.6) is 0 Å². The average molecular weight is 385 g/mol. The zero-order valence-corrected chi connectivity index (χ0v) is 16.3. The summed E-state index contributed by atoms with van der Waals surface area (Å²) in [4.78, 5) is 33.2. The maximum absolute atomic E-state index is 13.0. The van der Waals surface area contributed by atoms with E-state index in [1.165, 1.54) is 21.1 Å². The van der Waals surface area contributed by atoms with Gasteiger partial charge in [-0.25, -0.2) is 0 Å². The summed E-state index contributed by atoms with van der Waals surface area (Å²) >= 11 is 1.27. The molecule has 1 aliphatic rings. The number of aromatic nitrogens is 1. The number of Topliss-reactive ketones (excluding diaryl/α,β-unsaturated/α-hetero) is 1. The lowest BCUT2D eigenvalue weighted by molar-refractivity contribution is -0.895. The Morgan fingerprint density at radius 1 is 1.30 bits per heavy atom. The minimum atomic E-state index is -0.697. The lowest BCUT2D eigenvalue weighted by Gasteiger charge is -2.28. The molecular weight excluding hydrogens is 362 g/mol. The van der Waals surface area contributed by atoms with Gasteiger partial charge >= 0.3 is 0 Å². The van der Waals surface area contributed by atoms with E-state index in [0.717, 1.165) is 19.6 Å². The number of ketones is 1. The lowest BCUT2D eigenvalue weighted by atomic mass is 9.96. The first kappa shape index (κ1) is 19.3. The predicted octanol–water partition coefficient (Wildman–Crippen LogP) is 0.448. The molecule has 27 heavy (non-hydrogen) atoms. The molecule has 0 saturated heterocycles. The fraction of sp³-hybridized carbons (Fsp3) is 0.350. The van der Waals surface area contributed by atoms with Crippen LogP contribution in [0.15, 0.2) is 53.4 Å². The summed E-state index contributed by atoms with van der Waals surface area (Å²) in [5, 5.41) is 14.5. The number of amides is 1. The maximum Gasteiger partial charge on any atom is 0.240 e. The summed E-state index contributed by atoms with van der Waals surface area (Å²) in [7, 11) is 0. The fourth-order valence-electron chi connectivity index (χ4n) is 3.41. The minimum absolute atomic E-state index is 0.0324. The van der Waals surface area contributed by atoms with Gasteiger partial charge in [0.2, 0.25) is 11.7 Å². The van der Waals surface area contributed by atoms with Crippen LogP contribution in [0.1, 0.15) is 35.1 Å². The zero-order valence-electron chi connectivity index (χ0n) is 15.5. The first-order valence-electron chi connectivity index (χ1n) is 9.12. The van der Waals surface area contributed by atoms with Gasteiger partial charge in [0.1, 0.15) is 0 Å². The van der Waals surface area contributed by atoms with Crippen molar-refractivity contribution in [2.24, 2.45) is 0 Å². The first-order chi connectivity index (χ1) is 13.1. The van der Waals surface area contributed by atoms with Gasteiger partial charge in [-0.1, -0.05) is 12.1 Å². The Morgan fingerprint density at radius 2 is 2.07 bits per heavy atom. The number of carbonyl (C=O) groups excluding carboxylic acids is 2. The van der Waals surface area contributed by atoms with Crippen molar-refractivity contribution in [1.82, 2.24) is 9.88 Å². The Hall–Kier alpha value is -2.51. The predicted molar refractivity (Wildman–Crippen MR) is 101 cm³/mol. The van der Waals surface area contributed by atoms with Gasteiger partial charge in [0, 0.05) is 18.0 Å². The third kappa shape index (κ3) is 3.79. The number of nitrogens with zero attached hydrogens (tertiary/aromatic N) is 2. The minimum Gasteiger partial charge on any atom is -0.868 e. The second-order valence-electron chi connectivity index (χ2n) is 6.44. The Morgan fingerprint density at radius 3 is 2.67 bits per heavy atom. The smallest absolute Gasteiger partial charge is 0.240 e. The molecular formula is C20H23N3O3S. The average Bonchev–Trinajstić information content (AvgIpc) is 3.31. The Labute approximate surface area is 162 Å². The van der Waals surface area contributed by atoms with Crippen LogP contribution in [-0.4, -0.2) is 47.8 Å². The molecule has 1 amide bonds. The van der Waals surface area contributed by atoms with Crippen LogP contribution in [0.4, 0.5) is 0 Å². The molecule has 0 aliphatic carbocycles. The molecule has 1 atom stereocenters. The number of quaternary nitrogens is 1. The van der Waals surface area contributed by atoms with Gasteiger partial charge in [-0.3, -0.25) is 14.6 Å². The summed E-state index contributed by atoms with van der Waals surface area (Å²) in [6, 6.07) is 6.33. The molecule has 0 spiro atoms. The van der Waals surface area contributed by atoms with Gasteiger partial charge < -0.3 is 14.9 Å². The van der Waals surface area contributed by atoms with Gasteiger partial charge in [-0.05, 0) is 42.7 Å². The fourth-order valence-corrected chi connectivity index (χ4v) is 4.09. The third-order valence-electron chi connectivity index (χ3n) is 4.98. The van der Waals surface area contributed by atoms with Gasteiger partial charge in [-0.2, -0.15) is 0 Å². The zero-order chi connectivity index (χ0) is 19.4. The van der Waals surface area contributed by atoms with Crippen molar-refractivity contribution in [1.29, 1.82) is 0 Å². The number of pyridine rings is 1. The van der Waals surface area contributed by atoms with E-state index in [1.54, 1.807) is 36.0 Å². The molecule has 2 aromatic heterocycles. The molecule has 0 radical (unpaired) electrons. The van der Waals surface area contributed by atoms with Crippen LogP contribution in [0.3, 0.4) is 0 Å². The molecule has 1 N–H and O–H groups in total. The van der Waals surface area contributed by atoms with Crippen molar-refractivity contribution in [2.75, 3.05) is 26.2 Å². The summed E-state index contributed by atoms with van der Waals surface area (Å²) in [5.41, 5.74) is 0.719. The highest BCUT2D eigenvalue weighted by atomic mass is 32.1. The van der Waals surface area contributed by atoms with E-state index in [1.807, 2.05) is 6.07 Å². The van der Waals surface area contributed by atoms with Gasteiger partial charge in [0.15, 0.2) is 0 Å². The van der Waals surface area contributed by atoms with E-state index in [2.05, 4.69) is 18.8 Å². The summed E-state index contributed by atoms with van der Waals surface area (Å²) in [6.07, 6.45) is 3.25. The van der Waals surface area contributed by atoms with Crippen LogP contribution in [0.2, 0.25) is 0 Å². The van der Waals surface area contributed by atoms with E-state index in [-0.39, 0.29) is 11.4 Å². The molecule has 142 valence electrons. The monoisotopic (exact) mass is 385 g/mol. The first-order valence-corrected chi connectivity index (χ1v) is 10.00. The molecule has 0 saturated carbocycles. The number of hydrogen-bond acceptors (Lipinski definition) is 5. The Kier molecular flexibility index (Phi) is 6.03. The quantitative estimate of drug-likeness (QED) is 0.670. The molecule has 0 bridgehead atoms. The number of likely N-dealkylation sites (N-methyl/N-ethyl adjacent to an activating group) is 1. The Bertz CT molecular complexity index is 829. The molecule has 2 aromatic rings. The summed E-state index contributed by atoms with van der Waals surface area (Å²) in [6.45, 7) is 7.20. The molecule has 3 rings (SSSR count). The van der Waals surface area contributed by atoms with E-state index in [9.17, 15) is 14.7 Å². The van der Waals surface area contributed by atoms with Crippen molar-refractivity contribution in [3.8, 4) is 0 Å². The highest BCUT2D eigenvalue weighted by Crippen LogP contribution is 2.37. The normalized spacial score (nSPS) is 17.2. The second-order valence-corrected chi connectivity index (χ2v) is 7.39. The van der Waals surface area contributed by atoms with Crippen LogP contribution < -0.4 is 10.0 Å². The topological polar surface area (TPSA) is 77.8 Å². The number of rotatable bonds is 8. The number of nitrogens with one attached hydrogen (secondary N) is 1. The molecule has 1 unspecified atom stereocenters. The van der Waals surface area contributed by atoms with E-state index >= 15 is 0 Å². The lowest BCUT2D eigenvalue weighted by Crippen LogP contribution is -3.12. The van der Waals surface area contributed by atoms with E-state index in [0.29, 0.717) is 17.0 Å². The summed E-state index contributed by atoms with van der Waals surface area (Å²) in [5.74, 6) is -1.66. The molecule has 0 fully saturated rings. The van der Waals surface area contributed by atoms with Crippen LogP contribution >= 0.6 is 11.3 Å². The SMILES string of the molecule is CC[NH+](CC)CCN1C(=O)C([O-])=C(C(=O)c2cccs2)C1c1cccnc1. The van der Waals surface area contributed by atoms with Crippen LogP contribution in [-0.2, 0) is 4.79 Å². The standard InChI is InChI=1S/C20H23N3O3S/c1-3-22(4-2)10-11-23-17(14-7-5-9-21-13-14)16(19(25)20(23)26)18(24)15-8-6-12-27-15/h5-9,12-13,17,25H,3-4,10-11H2,1-2H3. The molecule has 1 aliphatic heterocycles. The molecule has 6 nitrogen and oxygen atoms in total. The molecule has 0 aromatic carbocycles. The van der Waals surface area contributed by atoms with Crippen molar-refractivity contribution in [3.05, 3.63) is 63.8 Å². The van der Waals surface area contributed by atoms with Gasteiger partial charge in [-0.15, -0.1) is 11.3 Å². The van der Waals surface area contributed by atoms with Crippen molar-refractivity contribution in [3.63, 3.8) is 0 Å². The van der Waals surface area contributed by atoms with Crippen molar-refractivity contribution >= 4 is 23.0 Å². The van der Waals surface area contributed by atoms with Crippen molar-refractivity contribution in [2.45, 2.75) is 19.9 Å². The van der Waals surface area contributed by atoms with Gasteiger partial charge in [0.25, 0.3) is 0 Å².